The Kier molecular flexibility index (Phi) is 5.06. The van der Waals surface area contributed by atoms with Crippen molar-refractivity contribution in [2.24, 2.45) is 0 Å². The third-order valence-corrected chi connectivity index (χ3v) is 5.11. The lowest BCUT2D eigenvalue weighted by Gasteiger charge is -2.31. The highest BCUT2D eigenvalue weighted by atomic mass is 32.1. The van der Waals surface area contributed by atoms with Crippen LogP contribution in [0.5, 0.6) is 11.6 Å². The third-order valence-electron chi connectivity index (χ3n) is 4.52. The van der Waals surface area contributed by atoms with Crippen LogP contribution in [0.15, 0.2) is 47.5 Å². The highest BCUT2D eigenvalue weighted by molar-refractivity contribution is 7.07. The molecule has 3 aromatic rings. The monoisotopic (exact) mass is 384 g/mol. The number of hydrogen-bond acceptors (Lipinski definition) is 6. The molecule has 1 fully saturated rings. The fourth-order valence-electron chi connectivity index (χ4n) is 3.17. The largest absolute Gasteiger partial charge is 0.437 e. The number of amides is 1. The van der Waals surface area contributed by atoms with Crippen LogP contribution in [-0.2, 0) is 0 Å². The number of nitrogens with zero attached hydrogens (tertiary/aromatic N) is 4. The minimum Gasteiger partial charge on any atom is -0.437 e. The molecule has 1 aliphatic heterocycles. The Bertz CT molecular complexity index is 927. The summed E-state index contributed by atoms with van der Waals surface area (Å²) in [7, 11) is 0. The highest BCUT2D eigenvalue weighted by Gasteiger charge is 2.28. The van der Waals surface area contributed by atoms with E-state index in [0.29, 0.717) is 30.4 Å². The van der Waals surface area contributed by atoms with E-state index in [9.17, 15) is 9.18 Å². The van der Waals surface area contributed by atoms with Gasteiger partial charge in [-0.25, -0.2) is 14.4 Å². The summed E-state index contributed by atoms with van der Waals surface area (Å²) < 4.78 is 19.2. The molecule has 0 N–H and O–H groups in total. The fraction of sp³-hybridized carbons (Fsp3) is 0.263. The number of aromatic nitrogens is 3. The zero-order valence-electron chi connectivity index (χ0n) is 14.4. The molecule has 0 aliphatic carbocycles. The normalized spacial score (nSPS) is 14.9. The molecule has 0 saturated carbocycles. The standard InChI is InChI=1S/C19H17FN4O2S/c20-14-2-1-3-15(10-14)26-18-17(21-6-7-22-18)13-4-8-24(9-5-13)19(25)16-11-27-12-23-16/h1-3,6-7,10-13H,4-5,8-9H2. The average molecular weight is 384 g/mol. The van der Waals surface area contributed by atoms with Crippen LogP contribution in [0.1, 0.15) is 34.9 Å². The summed E-state index contributed by atoms with van der Waals surface area (Å²) >= 11 is 1.41. The number of thiazole rings is 1. The number of likely N-dealkylation sites (tertiary alicyclic amines) is 1. The van der Waals surface area contributed by atoms with Gasteiger partial charge in [0.15, 0.2) is 0 Å². The van der Waals surface area contributed by atoms with Crippen LogP contribution in [0, 0.1) is 5.82 Å². The maximum absolute atomic E-state index is 13.4. The molecule has 3 heterocycles. The lowest BCUT2D eigenvalue weighted by Crippen LogP contribution is -2.38. The molecular weight excluding hydrogens is 367 g/mol. The van der Waals surface area contributed by atoms with E-state index in [1.165, 1.54) is 23.5 Å². The van der Waals surface area contributed by atoms with E-state index in [1.807, 2.05) is 4.90 Å². The van der Waals surface area contributed by atoms with Crippen LogP contribution in [0.3, 0.4) is 0 Å². The van der Waals surface area contributed by atoms with Crippen molar-refractivity contribution in [3.8, 4) is 11.6 Å². The molecule has 0 bridgehead atoms. The average Bonchev–Trinajstić information content (AvgIpc) is 3.23. The second-order valence-corrected chi connectivity index (χ2v) is 6.97. The zero-order valence-corrected chi connectivity index (χ0v) is 15.2. The quantitative estimate of drug-likeness (QED) is 0.683. The maximum Gasteiger partial charge on any atom is 0.273 e. The van der Waals surface area contributed by atoms with Crippen molar-refractivity contribution in [3.63, 3.8) is 0 Å². The maximum atomic E-state index is 13.4. The predicted octanol–water partition coefficient (Wildman–Crippen LogP) is 3.88. The van der Waals surface area contributed by atoms with Gasteiger partial charge in [-0.1, -0.05) is 6.07 Å². The first-order valence-corrected chi connectivity index (χ1v) is 9.57. The number of carbonyl (C=O) groups excluding carboxylic acids is 1. The van der Waals surface area contributed by atoms with Gasteiger partial charge in [0, 0.05) is 42.8 Å². The first-order valence-electron chi connectivity index (χ1n) is 8.62. The molecular formula is C19H17FN4O2S. The van der Waals surface area contributed by atoms with E-state index in [2.05, 4.69) is 15.0 Å². The van der Waals surface area contributed by atoms with E-state index in [1.54, 1.807) is 35.4 Å². The van der Waals surface area contributed by atoms with Crippen molar-refractivity contribution >= 4 is 17.2 Å². The minimum absolute atomic E-state index is 0.0370. The molecule has 1 aromatic carbocycles. The molecule has 8 heteroatoms. The van der Waals surface area contributed by atoms with E-state index >= 15 is 0 Å². The first kappa shape index (κ1) is 17.5. The Balaban J connectivity index is 1.46. The minimum atomic E-state index is -0.369. The zero-order chi connectivity index (χ0) is 18.6. The number of rotatable bonds is 4. The van der Waals surface area contributed by atoms with Crippen LogP contribution in [0.25, 0.3) is 0 Å². The van der Waals surface area contributed by atoms with Gasteiger partial charge in [0.1, 0.15) is 23.0 Å². The summed E-state index contributed by atoms with van der Waals surface area (Å²) in [6.45, 7) is 1.24. The smallest absolute Gasteiger partial charge is 0.273 e. The van der Waals surface area contributed by atoms with Crippen molar-refractivity contribution in [2.75, 3.05) is 13.1 Å². The van der Waals surface area contributed by atoms with Crippen molar-refractivity contribution in [1.82, 2.24) is 19.9 Å². The van der Waals surface area contributed by atoms with Crippen molar-refractivity contribution < 1.29 is 13.9 Å². The van der Waals surface area contributed by atoms with Gasteiger partial charge in [-0.05, 0) is 25.0 Å². The van der Waals surface area contributed by atoms with E-state index in [0.717, 1.165) is 18.5 Å². The van der Waals surface area contributed by atoms with Gasteiger partial charge in [0.05, 0.1) is 5.51 Å². The molecule has 6 nitrogen and oxygen atoms in total. The van der Waals surface area contributed by atoms with Crippen LogP contribution in [0.4, 0.5) is 4.39 Å². The molecule has 1 aliphatic rings. The second-order valence-electron chi connectivity index (χ2n) is 6.25. The van der Waals surface area contributed by atoms with Gasteiger partial charge < -0.3 is 9.64 Å². The SMILES string of the molecule is O=C(c1cscn1)N1CCC(c2nccnc2Oc2cccc(F)c2)CC1. The fourth-order valence-corrected chi connectivity index (χ4v) is 3.70. The number of halogens is 1. The number of ether oxygens (including phenoxy) is 1. The Morgan fingerprint density at radius 2 is 2.00 bits per heavy atom. The van der Waals surface area contributed by atoms with Crippen molar-refractivity contribution in [3.05, 3.63) is 64.8 Å². The van der Waals surface area contributed by atoms with Gasteiger partial charge in [0.25, 0.3) is 5.91 Å². The molecule has 4 rings (SSSR count). The van der Waals surface area contributed by atoms with Crippen LogP contribution in [0.2, 0.25) is 0 Å². The van der Waals surface area contributed by atoms with Gasteiger partial charge in [0.2, 0.25) is 5.88 Å². The summed E-state index contributed by atoms with van der Waals surface area (Å²) in [5.41, 5.74) is 2.89. The van der Waals surface area contributed by atoms with Crippen molar-refractivity contribution in [1.29, 1.82) is 0 Å². The van der Waals surface area contributed by atoms with Crippen LogP contribution < -0.4 is 4.74 Å². The van der Waals surface area contributed by atoms with Crippen LogP contribution in [-0.4, -0.2) is 38.8 Å². The van der Waals surface area contributed by atoms with Gasteiger partial charge in [-0.2, -0.15) is 0 Å². The summed E-state index contributed by atoms with van der Waals surface area (Å²) in [5, 5.41) is 1.77. The first-order chi connectivity index (χ1) is 13.2. The van der Waals surface area contributed by atoms with Gasteiger partial charge in [-0.15, -0.1) is 11.3 Å². The molecule has 0 radical (unpaired) electrons. The lowest BCUT2D eigenvalue weighted by atomic mass is 9.93. The Hall–Kier alpha value is -2.87. The van der Waals surface area contributed by atoms with E-state index < -0.39 is 0 Å². The predicted molar refractivity (Wildman–Crippen MR) is 98.5 cm³/mol. The summed E-state index contributed by atoms with van der Waals surface area (Å²) in [4.78, 5) is 27.1. The molecule has 2 aromatic heterocycles. The topological polar surface area (TPSA) is 68.2 Å². The van der Waals surface area contributed by atoms with Crippen LogP contribution >= 0.6 is 11.3 Å². The molecule has 27 heavy (non-hydrogen) atoms. The number of piperidine rings is 1. The highest BCUT2D eigenvalue weighted by Crippen LogP contribution is 2.33. The Morgan fingerprint density at radius 1 is 1.19 bits per heavy atom. The molecule has 0 unspecified atom stereocenters. The summed E-state index contributed by atoms with van der Waals surface area (Å²) in [6.07, 6.45) is 4.70. The number of benzene rings is 1. The van der Waals surface area contributed by atoms with E-state index in [-0.39, 0.29) is 17.6 Å². The molecule has 0 spiro atoms. The summed E-state index contributed by atoms with van der Waals surface area (Å²) in [5.74, 6) is 0.485. The van der Waals surface area contributed by atoms with E-state index in [4.69, 9.17) is 4.74 Å². The Morgan fingerprint density at radius 3 is 2.74 bits per heavy atom. The molecule has 1 amide bonds. The van der Waals surface area contributed by atoms with Gasteiger partial charge >= 0.3 is 0 Å². The number of carbonyl (C=O) groups is 1. The Labute approximate surface area is 159 Å². The second kappa shape index (κ2) is 7.79. The molecule has 0 atom stereocenters. The summed E-state index contributed by atoms with van der Waals surface area (Å²) in [6, 6.07) is 5.94. The molecule has 1 saturated heterocycles. The lowest BCUT2D eigenvalue weighted by molar-refractivity contribution is 0.0706. The van der Waals surface area contributed by atoms with Gasteiger partial charge in [-0.3, -0.25) is 9.78 Å². The third kappa shape index (κ3) is 3.95. The molecule has 138 valence electrons. The number of hydrogen-bond donors (Lipinski definition) is 0. The van der Waals surface area contributed by atoms with Crippen molar-refractivity contribution in [2.45, 2.75) is 18.8 Å².